The van der Waals surface area contributed by atoms with Crippen LogP contribution in [0.25, 0.3) is 0 Å². The number of hydrogen-bond donors (Lipinski definition) is 2. The third-order valence-electron chi connectivity index (χ3n) is 0.460. The molecule has 6 N–H and O–H groups in total. The molecule has 0 unspecified atom stereocenters. The van der Waals surface area contributed by atoms with Gasteiger partial charge in [0.2, 0.25) is 0 Å². The molecule has 0 aromatic rings. The summed E-state index contributed by atoms with van der Waals surface area (Å²) < 4.78 is 0. The first kappa shape index (κ1) is 15.7. The highest BCUT2D eigenvalue weighted by Crippen LogP contribution is 1.70. The van der Waals surface area contributed by atoms with Crippen LogP contribution in [0.4, 0.5) is 0 Å². The molecule has 0 aliphatic rings. The zero-order valence-electron chi connectivity index (χ0n) is 4.75. The highest BCUT2D eigenvalue weighted by molar-refractivity contribution is 6.34. The Hall–Kier alpha value is -1.14. The predicted octanol–water partition coefficient (Wildman–Crippen LogP) is -1.73. The molecule has 0 amide bonds. The average Bonchev–Trinajstić information content (AvgIpc) is 1.65. The average molecular weight is 139 g/mol. The van der Waals surface area contributed by atoms with E-state index in [9.17, 15) is 4.79 Å². The van der Waals surface area contributed by atoms with Gasteiger partial charge in [0, 0.05) is 0 Å². The van der Waals surface area contributed by atoms with Gasteiger partial charge in [-0.1, -0.05) is 5.16 Å². The Morgan fingerprint density at radius 2 is 1.78 bits per heavy atom. The molecule has 0 aromatic carbocycles. The second kappa shape index (κ2) is 6.86. The maximum absolute atomic E-state index is 9.64. The molecule has 6 nitrogen and oxygen atoms in total. The molecule has 0 radical (unpaired) electrons. The molecule has 6 heteroatoms. The second-order valence-electron chi connectivity index (χ2n) is 0.991. The largest absolute Gasteiger partial charge is 0.477 e. The van der Waals surface area contributed by atoms with Gasteiger partial charge in [-0.05, 0) is 6.92 Å². The lowest BCUT2D eigenvalue weighted by molar-refractivity contribution is -0.129. The van der Waals surface area contributed by atoms with Crippen molar-refractivity contribution < 1.29 is 26.1 Å². The minimum absolute atomic E-state index is 0. The summed E-state index contributed by atoms with van der Waals surface area (Å²) in [5.74, 6) is -1.21. The van der Waals surface area contributed by atoms with E-state index >= 15 is 0 Å². The van der Waals surface area contributed by atoms with Crippen molar-refractivity contribution in [2.75, 3.05) is 0 Å². The van der Waals surface area contributed by atoms with Crippen LogP contribution >= 0.6 is 0 Å². The lowest BCUT2D eigenvalue weighted by Crippen LogP contribution is -2.06. The Morgan fingerprint density at radius 3 is 1.78 bits per heavy atom. The van der Waals surface area contributed by atoms with E-state index in [-0.39, 0.29) is 16.7 Å². The normalized spacial score (nSPS) is 8.78. The summed E-state index contributed by atoms with van der Waals surface area (Å²) in [4.78, 5) is 9.64. The fraction of sp³-hybridized carbons (Fsp3) is 0.333. The van der Waals surface area contributed by atoms with E-state index < -0.39 is 5.97 Å². The first-order valence-electron chi connectivity index (χ1n) is 1.60. The maximum Gasteiger partial charge on any atom is 0.353 e. The quantitative estimate of drug-likeness (QED) is 0.254. The van der Waals surface area contributed by atoms with Gasteiger partial charge in [-0.15, -0.1) is 0 Å². The number of hydrogen-bond acceptors (Lipinski definition) is 3. The van der Waals surface area contributed by atoms with Gasteiger partial charge in [-0.3, -0.25) is 0 Å². The van der Waals surface area contributed by atoms with Crippen molar-refractivity contribution in [2.24, 2.45) is 5.16 Å². The molecule has 9 heavy (non-hydrogen) atoms. The van der Waals surface area contributed by atoms with Crippen molar-refractivity contribution in [1.29, 1.82) is 0 Å². The van der Waals surface area contributed by atoms with Crippen molar-refractivity contribution in [3.8, 4) is 0 Å². The van der Waals surface area contributed by atoms with Crippen LogP contribution in [0.2, 0.25) is 0 Å². The van der Waals surface area contributed by atoms with Crippen LogP contribution < -0.4 is 0 Å². The highest BCUT2D eigenvalue weighted by atomic mass is 16.4. The molecule has 0 saturated heterocycles. The van der Waals surface area contributed by atoms with Crippen LogP contribution in [-0.2, 0) is 4.79 Å². The molecule has 0 aromatic heterocycles. The lowest BCUT2D eigenvalue weighted by atomic mass is 10.4. The summed E-state index contributed by atoms with van der Waals surface area (Å²) in [6.07, 6.45) is 0. The standard InChI is InChI=1S/C3H5NO3.2H2O/c1-2(4-7)3(5)6;;/h7H,1H3,(H,5,6);2*1H2. The zero-order chi connectivity index (χ0) is 5.86. The molecular weight excluding hydrogens is 130 g/mol. The minimum Gasteiger partial charge on any atom is -0.477 e. The Bertz CT molecular complexity index is 109. The van der Waals surface area contributed by atoms with Gasteiger partial charge in [-0.2, -0.15) is 0 Å². The van der Waals surface area contributed by atoms with E-state index in [1.165, 1.54) is 6.92 Å². The van der Waals surface area contributed by atoms with E-state index in [2.05, 4.69) is 5.16 Å². The smallest absolute Gasteiger partial charge is 0.353 e. The maximum atomic E-state index is 9.64. The fourth-order valence-electron chi connectivity index (χ4n) is 0.0428. The van der Waals surface area contributed by atoms with Crippen molar-refractivity contribution in [3.05, 3.63) is 0 Å². The molecule has 56 valence electrons. The van der Waals surface area contributed by atoms with E-state index in [1.54, 1.807) is 0 Å². The van der Waals surface area contributed by atoms with Crippen molar-refractivity contribution in [3.63, 3.8) is 0 Å². The highest BCUT2D eigenvalue weighted by Gasteiger charge is 1.98. The van der Waals surface area contributed by atoms with Gasteiger partial charge >= 0.3 is 5.97 Å². The first-order chi connectivity index (χ1) is 3.18. The van der Waals surface area contributed by atoms with E-state index in [0.29, 0.717) is 0 Å². The van der Waals surface area contributed by atoms with Crippen molar-refractivity contribution in [2.45, 2.75) is 6.92 Å². The molecule has 0 saturated carbocycles. The molecule has 0 spiro atoms. The van der Waals surface area contributed by atoms with Crippen LogP contribution in [0, 0.1) is 0 Å². The van der Waals surface area contributed by atoms with Gasteiger partial charge in [0.25, 0.3) is 0 Å². The number of oxime groups is 1. The predicted molar refractivity (Wildman–Crippen MR) is 29.8 cm³/mol. The van der Waals surface area contributed by atoms with Crippen LogP contribution in [0.5, 0.6) is 0 Å². The number of nitrogens with zero attached hydrogens (tertiary/aromatic N) is 1. The Kier molecular flexibility index (Phi) is 11.9. The van der Waals surface area contributed by atoms with Crippen molar-refractivity contribution in [1.82, 2.24) is 0 Å². The van der Waals surface area contributed by atoms with Gasteiger partial charge in [-0.25, -0.2) is 4.79 Å². The number of rotatable bonds is 1. The number of carbonyl (C=O) groups is 1. The number of carboxylic acid groups (broad SMARTS) is 1. The summed E-state index contributed by atoms with van der Waals surface area (Å²) in [6.45, 7) is 1.20. The van der Waals surface area contributed by atoms with Crippen LogP contribution in [0.3, 0.4) is 0 Å². The Balaban J connectivity index is -0.000000180. The molecular formula is C3H9NO5. The van der Waals surface area contributed by atoms with Crippen LogP contribution in [0.1, 0.15) is 6.92 Å². The summed E-state index contributed by atoms with van der Waals surface area (Å²) >= 11 is 0. The van der Waals surface area contributed by atoms with E-state index in [4.69, 9.17) is 10.3 Å². The summed E-state index contributed by atoms with van der Waals surface area (Å²) in [7, 11) is 0. The van der Waals surface area contributed by atoms with Crippen molar-refractivity contribution >= 4 is 11.7 Å². The monoisotopic (exact) mass is 139 g/mol. The van der Waals surface area contributed by atoms with Gasteiger partial charge in [0.05, 0.1) is 0 Å². The topological polar surface area (TPSA) is 133 Å². The lowest BCUT2D eigenvalue weighted by Gasteiger charge is -1.81. The third-order valence-corrected chi connectivity index (χ3v) is 0.460. The summed E-state index contributed by atoms with van der Waals surface area (Å²) in [6, 6.07) is 0. The Labute approximate surface area is 51.0 Å². The van der Waals surface area contributed by atoms with Crippen LogP contribution in [-0.4, -0.2) is 32.9 Å². The molecule has 0 aliphatic carbocycles. The fourth-order valence-corrected chi connectivity index (χ4v) is 0.0428. The van der Waals surface area contributed by atoms with Crippen LogP contribution in [0.15, 0.2) is 5.16 Å². The van der Waals surface area contributed by atoms with Gasteiger partial charge in [0.1, 0.15) is 0 Å². The van der Waals surface area contributed by atoms with E-state index in [0.717, 1.165) is 0 Å². The SMILES string of the molecule is CC(=NO)C(=O)O.O.O. The third kappa shape index (κ3) is 6.86. The zero-order valence-corrected chi connectivity index (χ0v) is 4.75. The molecule has 0 fully saturated rings. The summed E-state index contributed by atoms with van der Waals surface area (Å²) in [5, 5.41) is 18.0. The second-order valence-corrected chi connectivity index (χ2v) is 0.991. The van der Waals surface area contributed by atoms with E-state index in [1.807, 2.05) is 0 Å². The minimum atomic E-state index is -1.21. The number of carboxylic acids is 1. The molecule has 0 atom stereocenters. The Morgan fingerprint density at radius 1 is 1.44 bits per heavy atom. The van der Waals surface area contributed by atoms with Gasteiger partial charge < -0.3 is 21.3 Å². The first-order valence-corrected chi connectivity index (χ1v) is 1.60. The summed E-state index contributed by atoms with van der Waals surface area (Å²) in [5.41, 5.74) is -0.306. The molecule has 0 heterocycles. The molecule has 0 bridgehead atoms. The number of aliphatic carboxylic acids is 1. The molecule has 0 aliphatic heterocycles. The molecule has 0 rings (SSSR count). The van der Waals surface area contributed by atoms with Gasteiger partial charge in [0.15, 0.2) is 5.71 Å².